The smallest absolute Gasteiger partial charge is 0.246 e. The first-order chi connectivity index (χ1) is 14.3. The van der Waals surface area contributed by atoms with Gasteiger partial charge in [0.2, 0.25) is 21.7 Å². The average Bonchev–Trinajstić information content (AvgIpc) is 3.27. The fraction of sp³-hybridized carbons (Fsp3) is 0.450. The lowest BCUT2D eigenvalue weighted by molar-refractivity contribution is 0.163. The second-order valence-electron chi connectivity index (χ2n) is 7.68. The lowest BCUT2D eigenvalue weighted by Crippen LogP contribution is -2.48. The van der Waals surface area contributed by atoms with E-state index in [9.17, 15) is 8.42 Å². The molecule has 0 atom stereocenters. The maximum absolute atomic E-state index is 13.1. The van der Waals surface area contributed by atoms with Gasteiger partial charge in [0.15, 0.2) is 0 Å². The topological polar surface area (TPSA) is 97.4 Å². The SMILES string of the molecule is Cc1ccc(-c2noc(CN3CCN(S(=O)(=O)c4c(C)nn(C)c4C)CC3)n2)cc1. The van der Waals surface area contributed by atoms with Gasteiger partial charge in [-0.15, -0.1) is 0 Å². The normalized spacial score (nSPS) is 16.3. The molecule has 0 spiro atoms. The highest BCUT2D eigenvalue weighted by molar-refractivity contribution is 7.89. The maximum atomic E-state index is 13.1. The van der Waals surface area contributed by atoms with Crippen LogP contribution in [0.3, 0.4) is 0 Å². The van der Waals surface area contributed by atoms with Crippen molar-refractivity contribution in [3.05, 3.63) is 47.1 Å². The highest BCUT2D eigenvalue weighted by Gasteiger charge is 2.33. The number of rotatable bonds is 5. The van der Waals surface area contributed by atoms with Gasteiger partial charge in [0.1, 0.15) is 4.90 Å². The Bertz CT molecular complexity index is 1140. The zero-order valence-corrected chi connectivity index (χ0v) is 18.5. The van der Waals surface area contributed by atoms with E-state index in [-0.39, 0.29) is 0 Å². The summed E-state index contributed by atoms with van der Waals surface area (Å²) >= 11 is 0. The van der Waals surface area contributed by atoms with E-state index in [1.165, 1.54) is 9.87 Å². The first-order valence-corrected chi connectivity index (χ1v) is 11.3. The van der Waals surface area contributed by atoms with Crippen LogP contribution in [0.4, 0.5) is 0 Å². The summed E-state index contributed by atoms with van der Waals surface area (Å²) in [5, 5.41) is 8.32. The number of piperazine rings is 1. The Morgan fingerprint density at radius 1 is 1.03 bits per heavy atom. The van der Waals surface area contributed by atoms with E-state index in [1.807, 2.05) is 31.2 Å². The zero-order chi connectivity index (χ0) is 21.5. The van der Waals surface area contributed by atoms with Crippen molar-refractivity contribution in [3.63, 3.8) is 0 Å². The molecule has 1 aromatic carbocycles. The summed E-state index contributed by atoms with van der Waals surface area (Å²) in [7, 11) is -1.80. The number of hydrogen-bond donors (Lipinski definition) is 0. The van der Waals surface area contributed by atoms with Gasteiger partial charge in [0.25, 0.3) is 0 Å². The minimum absolute atomic E-state index is 0.318. The van der Waals surface area contributed by atoms with Gasteiger partial charge in [-0.3, -0.25) is 9.58 Å². The number of benzene rings is 1. The zero-order valence-electron chi connectivity index (χ0n) is 17.7. The molecule has 160 valence electrons. The van der Waals surface area contributed by atoms with Gasteiger partial charge in [0.05, 0.1) is 17.9 Å². The second kappa shape index (κ2) is 7.93. The van der Waals surface area contributed by atoms with E-state index in [1.54, 1.807) is 25.6 Å². The summed E-state index contributed by atoms with van der Waals surface area (Å²) < 4.78 is 34.8. The molecule has 30 heavy (non-hydrogen) atoms. The van der Waals surface area contributed by atoms with Crippen LogP contribution in [0.2, 0.25) is 0 Å². The van der Waals surface area contributed by atoms with Crippen molar-refractivity contribution in [1.29, 1.82) is 0 Å². The van der Waals surface area contributed by atoms with Crippen LogP contribution in [0.5, 0.6) is 0 Å². The third kappa shape index (κ3) is 3.90. The Kier molecular flexibility index (Phi) is 5.48. The summed E-state index contributed by atoms with van der Waals surface area (Å²) in [6.45, 7) is 8.06. The van der Waals surface area contributed by atoms with E-state index >= 15 is 0 Å². The fourth-order valence-corrected chi connectivity index (χ4v) is 5.54. The van der Waals surface area contributed by atoms with Crippen molar-refractivity contribution in [1.82, 2.24) is 29.1 Å². The monoisotopic (exact) mass is 430 g/mol. The third-order valence-corrected chi connectivity index (χ3v) is 7.66. The largest absolute Gasteiger partial charge is 0.338 e. The number of aromatic nitrogens is 4. The molecule has 1 saturated heterocycles. The quantitative estimate of drug-likeness (QED) is 0.610. The molecule has 0 unspecified atom stereocenters. The van der Waals surface area contributed by atoms with Crippen LogP contribution >= 0.6 is 0 Å². The number of nitrogens with zero attached hydrogens (tertiary/aromatic N) is 6. The third-order valence-electron chi connectivity index (χ3n) is 5.51. The Morgan fingerprint density at radius 2 is 1.70 bits per heavy atom. The predicted octanol–water partition coefficient (Wildman–Crippen LogP) is 1.90. The van der Waals surface area contributed by atoms with Crippen LogP contribution in [0.1, 0.15) is 22.8 Å². The van der Waals surface area contributed by atoms with Crippen molar-refractivity contribution in [2.45, 2.75) is 32.2 Å². The van der Waals surface area contributed by atoms with Gasteiger partial charge < -0.3 is 4.52 Å². The van der Waals surface area contributed by atoms with Gasteiger partial charge in [0, 0.05) is 38.8 Å². The molecule has 0 bridgehead atoms. The molecule has 10 heteroatoms. The lowest BCUT2D eigenvalue weighted by atomic mass is 10.1. The summed E-state index contributed by atoms with van der Waals surface area (Å²) in [6.07, 6.45) is 0. The molecule has 0 N–H and O–H groups in total. The molecule has 1 aliphatic heterocycles. The van der Waals surface area contributed by atoms with Gasteiger partial charge in [-0.25, -0.2) is 8.42 Å². The summed E-state index contributed by atoms with van der Waals surface area (Å²) in [5.41, 5.74) is 3.28. The molecule has 0 amide bonds. The summed E-state index contributed by atoms with van der Waals surface area (Å²) in [6, 6.07) is 7.96. The van der Waals surface area contributed by atoms with Crippen LogP contribution in [0, 0.1) is 20.8 Å². The van der Waals surface area contributed by atoms with Crippen LogP contribution in [-0.2, 0) is 23.6 Å². The minimum atomic E-state index is -3.56. The Morgan fingerprint density at radius 3 is 2.30 bits per heavy atom. The van der Waals surface area contributed by atoms with Crippen LogP contribution in [0.25, 0.3) is 11.4 Å². The van der Waals surface area contributed by atoms with Crippen molar-refractivity contribution < 1.29 is 12.9 Å². The van der Waals surface area contributed by atoms with Gasteiger partial charge >= 0.3 is 0 Å². The van der Waals surface area contributed by atoms with Gasteiger partial charge in [-0.1, -0.05) is 35.0 Å². The molecule has 0 saturated carbocycles. The van der Waals surface area contributed by atoms with Gasteiger partial charge in [-0.05, 0) is 20.8 Å². The van der Waals surface area contributed by atoms with E-state index < -0.39 is 10.0 Å². The van der Waals surface area contributed by atoms with Crippen LogP contribution < -0.4 is 0 Å². The Balaban J connectivity index is 1.40. The predicted molar refractivity (Wildman–Crippen MR) is 111 cm³/mol. The maximum Gasteiger partial charge on any atom is 0.246 e. The average molecular weight is 431 g/mol. The second-order valence-corrected chi connectivity index (χ2v) is 9.56. The minimum Gasteiger partial charge on any atom is -0.338 e. The summed E-state index contributed by atoms with van der Waals surface area (Å²) in [5.74, 6) is 1.09. The molecule has 3 heterocycles. The van der Waals surface area contributed by atoms with E-state index in [4.69, 9.17) is 4.52 Å². The molecule has 9 nitrogen and oxygen atoms in total. The molecular weight excluding hydrogens is 404 g/mol. The first-order valence-electron chi connectivity index (χ1n) is 9.88. The van der Waals surface area contributed by atoms with Crippen molar-refractivity contribution in [2.75, 3.05) is 26.2 Å². The molecule has 0 radical (unpaired) electrons. The highest BCUT2D eigenvalue weighted by Crippen LogP contribution is 2.24. The number of hydrogen-bond acceptors (Lipinski definition) is 7. The van der Waals surface area contributed by atoms with Crippen molar-refractivity contribution >= 4 is 10.0 Å². The standard InChI is InChI=1S/C20H26N6O3S/c1-14-5-7-17(8-6-14)20-21-18(29-23-20)13-25-9-11-26(12-10-25)30(27,28)19-15(2)22-24(4)16(19)3/h5-8H,9-13H2,1-4H3. The fourth-order valence-electron chi connectivity index (χ4n) is 3.71. The summed E-state index contributed by atoms with van der Waals surface area (Å²) in [4.78, 5) is 6.93. The molecule has 1 fully saturated rings. The van der Waals surface area contributed by atoms with Crippen LogP contribution in [0.15, 0.2) is 33.7 Å². The molecule has 2 aromatic heterocycles. The number of sulfonamides is 1. The van der Waals surface area contributed by atoms with E-state index in [2.05, 4.69) is 20.1 Å². The first kappa shape index (κ1) is 20.7. The molecular formula is C20H26N6O3S. The Hall–Kier alpha value is -2.56. The lowest BCUT2D eigenvalue weighted by Gasteiger charge is -2.33. The molecule has 1 aliphatic rings. The highest BCUT2D eigenvalue weighted by atomic mass is 32.2. The number of aryl methyl sites for hydroxylation is 3. The van der Waals surface area contributed by atoms with Gasteiger partial charge in [-0.2, -0.15) is 14.4 Å². The molecule has 0 aliphatic carbocycles. The van der Waals surface area contributed by atoms with Crippen molar-refractivity contribution in [2.24, 2.45) is 7.05 Å². The van der Waals surface area contributed by atoms with E-state index in [0.717, 1.165) is 5.56 Å². The molecule has 4 rings (SSSR count). The molecule has 3 aromatic rings. The Labute approximate surface area is 176 Å². The van der Waals surface area contributed by atoms with E-state index in [0.29, 0.717) is 60.7 Å². The van der Waals surface area contributed by atoms with Crippen LogP contribution in [-0.4, -0.2) is 63.7 Å². The van der Waals surface area contributed by atoms with Crippen molar-refractivity contribution in [3.8, 4) is 11.4 Å².